The summed E-state index contributed by atoms with van der Waals surface area (Å²) in [5.41, 5.74) is -0.656. The fourth-order valence-corrected chi connectivity index (χ4v) is 2.48. The summed E-state index contributed by atoms with van der Waals surface area (Å²) in [5.74, 6) is 0. The molecule has 0 atom stereocenters. The smallest absolute Gasteiger partial charge is 0.399 e. The molecule has 5 nitrogen and oxygen atoms in total. The largest absolute Gasteiger partial charge is 0.498 e. The van der Waals surface area contributed by atoms with E-state index in [0.29, 0.717) is 5.56 Å². The third-order valence-electron chi connectivity index (χ3n) is 4.64. The van der Waals surface area contributed by atoms with E-state index >= 15 is 0 Å². The molecule has 3 heterocycles. The highest BCUT2D eigenvalue weighted by Gasteiger charge is 2.52. The molecule has 0 radical (unpaired) electrons. The van der Waals surface area contributed by atoms with E-state index in [1.807, 2.05) is 27.7 Å². The van der Waals surface area contributed by atoms with Gasteiger partial charge in [-0.1, -0.05) is 0 Å². The van der Waals surface area contributed by atoms with Crippen LogP contribution in [0, 0.1) is 0 Å². The first-order chi connectivity index (χ1) is 11.5. The molecular weight excluding hydrogens is 334 g/mol. The van der Waals surface area contributed by atoms with Gasteiger partial charge in [0.25, 0.3) is 0 Å². The van der Waals surface area contributed by atoms with Crippen LogP contribution in [0.4, 0.5) is 13.2 Å². The fourth-order valence-electron chi connectivity index (χ4n) is 2.48. The van der Waals surface area contributed by atoms with Crippen molar-refractivity contribution in [3.05, 3.63) is 42.0 Å². The molecule has 1 aliphatic heterocycles. The zero-order valence-corrected chi connectivity index (χ0v) is 14.5. The summed E-state index contributed by atoms with van der Waals surface area (Å²) in [4.78, 5) is 3.36. The maximum Gasteiger partial charge on any atom is 0.498 e. The van der Waals surface area contributed by atoms with E-state index in [4.69, 9.17) is 9.31 Å². The van der Waals surface area contributed by atoms with Gasteiger partial charge in [-0.25, -0.2) is 0 Å². The van der Waals surface area contributed by atoms with Crippen molar-refractivity contribution in [3.8, 4) is 0 Å². The van der Waals surface area contributed by atoms with Crippen LogP contribution >= 0.6 is 0 Å². The summed E-state index contributed by atoms with van der Waals surface area (Å²) in [6, 6.07) is 2.56. The van der Waals surface area contributed by atoms with Crippen molar-refractivity contribution >= 4 is 12.6 Å². The quantitative estimate of drug-likeness (QED) is 0.796. The maximum absolute atomic E-state index is 12.7. The molecule has 1 aliphatic rings. The molecule has 2 aromatic rings. The lowest BCUT2D eigenvalue weighted by Gasteiger charge is -2.32. The summed E-state index contributed by atoms with van der Waals surface area (Å²) >= 11 is 0. The van der Waals surface area contributed by atoms with Crippen LogP contribution in [0.2, 0.25) is 0 Å². The molecule has 25 heavy (non-hydrogen) atoms. The standard InChI is InChI=1S/C16H19BF3N3O2/c1-14(2)15(3,4)25-17(24-14)12-8-22-23(10-12)9-11-5-6-21-13(7-11)16(18,19)20/h5-8,10H,9H2,1-4H3. The first-order valence-corrected chi connectivity index (χ1v) is 7.88. The molecule has 0 spiro atoms. The van der Waals surface area contributed by atoms with Crippen molar-refractivity contribution in [2.24, 2.45) is 0 Å². The van der Waals surface area contributed by atoms with Gasteiger partial charge in [-0.15, -0.1) is 0 Å². The van der Waals surface area contributed by atoms with Crippen LogP contribution in [0.3, 0.4) is 0 Å². The fraction of sp³-hybridized carbons (Fsp3) is 0.500. The maximum atomic E-state index is 12.7. The minimum Gasteiger partial charge on any atom is -0.399 e. The van der Waals surface area contributed by atoms with Gasteiger partial charge in [0.2, 0.25) is 0 Å². The van der Waals surface area contributed by atoms with Crippen molar-refractivity contribution in [2.75, 3.05) is 0 Å². The Bertz CT molecular complexity index is 758. The Balaban J connectivity index is 1.75. The minimum absolute atomic E-state index is 0.200. The van der Waals surface area contributed by atoms with Crippen LogP contribution < -0.4 is 5.46 Å². The number of hydrogen-bond donors (Lipinski definition) is 0. The Morgan fingerprint density at radius 3 is 2.40 bits per heavy atom. The van der Waals surface area contributed by atoms with Crippen molar-refractivity contribution in [3.63, 3.8) is 0 Å². The molecule has 134 valence electrons. The number of aromatic nitrogens is 3. The first-order valence-electron chi connectivity index (χ1n) is 7.88. The summed E-state index contributed by atoms with van der Waals surface area (Å²) in [6.07, 6.45) is 0.00855. The van der Waals surface area contributed by atoms with Gasteiger partial charge < -0.3 is 9.31 Å². The highest BCUT2D eigenvalue weighted by Crippen LogP contribution is 2.36. The lowest BCUT2D eigenvalue weighted by molar-refractivity contribution is -0.141. The lowest BCUT2D eigenvalue weighted by atomic mass is 9.82. The second kappa shape index (κ2) is 5.84. The van der Waals surface area contributed by atoms with Gasteiger partial charge in [0, 0.05) is 24.1 Å². The lowest BCUT2D eigenvalue weighted by Crippen LogP contribution is -2.41. The second-order valence-electron chi connectivity index (χ2n) is 7.11. The van der Waals surface area contributed by atoms with Gasteiger partial charge in [-0.05, 0) is 45.4 Å². The predicted molar refractivity (Wildman–Crippen MR) is 86.3 cm³/mol. The molecule has 1 fully saturated rings. The number of hydrogen-bond acceptors (Lipinski definition) is 4. The monoisotopic (exact) mass is 353 g/mol. The first kappa shape index (κ1) is 17.9. The average molecular weight is 353 g/mol. The molecule has 3 rings (SSSR count). The zero-order valence-electron chi connectivity index (χ0n) is 14.5. The Morgan fingerprint density at radius 1 is 1.16 bits per heavy atom. The van der Waals surface area contributed by atoms with E-state index in [-0.39, 0.29) is 6.54 Å². The number of rotatable bonds is 3. The predicted octanol–water partition coefficient (Wildman–Crippen LogP) is 2.64. The zero-order chi connectivity index (χ0) is 18.5. The van der Waals surface area contributed by atoms with Crippen LogP contribution in [0.1, 0.15) is 39.0 Å². The third kappa shape index (κ3) is 3.57. The molecule has 9 heteroatoms. The van der Waals surface area contributed by atoms with Crippen LogP contribution in [0.5, 0.6) is 0 Å². The summed E-state index contributed by atoms with van der Waals surface area (Å²) in [5, 5.41) is 4.20. The Labute approximate surface area is 144 Å². The molecule has 2 aromatic heterocycles. The van der Waals surface area contributed by atoms with E-state index in [2.05, 4.69) is 10.1 Å². The Morgan fingerprint density at radius 2 is 1.80 bits per heavy atom. The van der Waals surface area contributed by atoms with Gasteiger partial charge in [-0.3, -0.25) is 9.67 Å². The van der Waals surface area contributed by atoms with E-state index in [9.17, 15) is 13.2 Å². The van der Waals surface area contributed by atoms with Gasteiger partial charge in [0.15, 0.2) is 0 Å². The Hall–Kier alpha value is -1.87. The number of nitrogens with zero attached hydrogens (tertiary/aromatic N) is 3. The minimum atomic E-state index is -4.46. The highest BCUT2D eigenvalue weighted by atomic mass is 19.4. The number of pyridine rings is 1. The molecule has 0 N–H and O–H groups in total. The van der Waals surface area contributed by atoms with Crippen molar-refractivity contribution in [1.82, 2.24) is 14.8 Å². The molecule has 1 saturated heterocycles. The van der Waals surface area contributed by atoms with E-state index in [0.717, 1.165) is 17.7 Å². The van der Waals surface area contributed by atoms with Gasteiger partial charge in [0.1, 0.15) is 5.69 Å². The summed E-state index contributed by atoms with van der Waals surface area (Å²) in [6.45, 7) is 8.01. The third-order valence-corrected chi connectivity index (χ3v) is 4.64. The summed E-state index contributed by atoms with van der Waals surface area (Å²) in [7, 11) is -0.554. The van der Waals surface area contributed by atoms with E-state index < -0.39 is 30.2 Å². The molecule has 0 bridgehead atoms. The van der Waals surface area contributed by atoms with Crippen molar-refractivity contribution in [1.29, 1.82) is 0 Å². The molecule has 0 aromatic carbocycles. The van der Waals surface area contributed by atoms with Crippen LogP contribution in [0.25, 0.3) is 0 Å². The SMILES string of the molecule is CC1(C)OB(c2cnn(Cc3ccnc(C(F)(F)F)c3)c2)OC1(C)C. The molecular formula is C16H19BF3N3O2. The van der Waals surface area contributed by atoms with Crippen LogP contribution in [0.15, 0.2) is 30.7 Å². The topological polar surface area (TPSA) is 49.2 Å². The normalized spacial score (nSPS) is 19.4. The molecule has 0 amide bonds. The highest BCUT2D eigenvalue weighted by molar-refractivity contribution is 6.61. The molecule has 0 aliphatic carbocycles. The Kier molecular flexibility index (Phi) is 4.19. The van der Waals surface area contributed by atoms with Crippen LogP contribution in [-0.4, -0.2) is 33.1 Å². The number of alkyl halides is 3. The second-order valence-corrected chi connectivity index (χ2v) is 7.11. The van der Waals surface area contributed by atoms with Gasteiger partial charge in [-0.2, -0.15) is 18.3 Å². The number of halogens is 3. The van der Waals surface area contributed by atoms with Crippen molar-refractivity contribution in [2.45, 2.75) is 51.6 Å². The van der Waals surface area contributed by atoms with Crippen LogP contribution in [-0.2, 0) is 22.0 Å². The van der Waals surface area contributed by atoms with Gasteiger partial charge in [0.05, 0.1) is 17.7 Å². The van der Waals surface area contributed by atoms with E-state index in [1.165, 1.54) is 6.07 Å². The van der Waals surface area contributed by atoms with E-state index in [1.54, 1.807) is 17.1 Å². The average Bonchev–Trinajstić information content (AvgIpc) is 3.01. The molecule has 0 saturated carbocycles. The van der Waals surface area contributed by atoms with Crippen molar-refractivity contribution < 1.29 is 22.5 Å². The summed E-state index contributed by atoms with van der Waals surface area (Å²) < 4.78 is 51.7. The van der Waals surface area contributed by atoms with Gasteiger partial charge >= 0.3 is 13.3 Å². The molecule has 0 unspecified atom stereocenters.